The molecule has 0 aromatic heterocycles. The van der Waals surface area contributed by atoms with Crippen LogP contribution in [0.25, 0.3) is 0 Å². The molecule has 8 heteroatoms. The van der Waals surface area contributed by atoms with E-state index in [1.165, 1.54) is 23.9 Å². The van der Waals surface area contributed by atoms with E-state index in [-0.39, 0.29) is 24.1 Å². The first kappa shape index (κ1) is 21.4. The van der Waals surface area contributed by atoms with E-state index in [4.69, 9.17) is 0 Å². The van der Waals surface area contributed by atoms with Gasteiger partial charge < -0.3 is 4.90 Å². The monoisotopic (exact) mass is 440 g/mol. The fraction of sp³-hybridized carbons (Fsp3) is 0.348. The van der Waals surface area contributed by atoms with Crippen LogP contribution in [0.5, 0.6) is 0 Å². The van der Waals surface area contributed by atoms with Gasteiger partial charge in [0.2, 0.25) is 5.91 Å². The summed E-state index contributed by atoms with van der Waals surface area (Å²) in [6.45, 7) is 1.60. The van der Waals surface area contributed by atoms with Crippen LogP contribution in [0.2, 0.25) is 0 Å². The molecule has 6 nitrogen and oxygen atoms in total. The van der Waals surface area contributed by atoms with E-state index in [2.05, 4.69) is 10.5 Å². The van der Waals surface area contributed by atoms with Crippen molar-refractivity contribution in [1.29, 1.82) is 0 Å². The molecule has 0 saturated carbocycles. The van der Waals surface area contributed by atoms with Gasteiger partial charge in [-0.3, -0.25) is 19.9 Å². The Labute approximate surface area is 185 Å². The highest BCUT2D eigenvalue weighted by Crippen LogP contribution is 2.28. The van der Waals surface area contributed by atoms with Gasteiger partial charge in [0.05, 0.1) is 0 Å². The molecule has 1 fully saturated rings. The van der Waals surface area contributed by atoms with Gasteiger partial charge in [-0.1, -0.05) is 30.3 Å². The zero-order valence-electron chi connectivity index (χ0n) is 17.2. The van der Waals surface area contributed by atoms with Crippen LogP contribution < -0.4 is 10.3 Å². The SMILES string of the molecule is O=C(CCC1=NN[C@H](SCc2cccc(F)c2)N(c2ccccc2)C1=O)N1CCCC1. The average Bonchev–Trinajstić information content (AvgIpc) is 3.32. The van der Waals surface area contributed by atoms with Crippen molar-refractivity contribution in [2.75, 3.05) is 18.0 Å². The molecule has 4 rings (SSSR count). The molecule has 2 aromatic carbocycles. The van der Waals surface area contributed by atoms with Gasteiger partial charge in [0.25, 0.3) is 5.91 Å². The normalized spacial score (nSPS) is 18.7. The Kier molecular flexibility index (Phi) is 6.86. The molecule has 1 N–H and O–H groups in total. The topological polar surface area (TPSA) is 65.0 Å². The Morgan fingerprint density at radius 2 is 1.90 bits per heavy atom. The molecule has 31 heavy (non-hydrogen) atoms. The van der Waals surface area contributed by atoms with E-state index in [9.17, 15) is 14.0 Å². The number of carbonyl (C=O) groups is 2. The largest absolute Gasteiger partial charge is 0.343 e. The number of halogens is 1. The maximum absolute atomic E-state index is 13.5. The average molecular weight is 441 g/mol. The molecule has 0 spiro atoms. The fourth-order valence-electron chi connectivity index (χ4n) is 3.75. The van der Waals surface area contributed by atoms with Crippen molar-refractivity contribution >= 4 is 35.0 Å². The Bertz CT molecular complexity index is 963. The predicted molar refractivity (Wildman–Crippen MR) is 121 cm³/mol. The number of rotatable bonds is 7. The molecule has 1 saturated heterocycles. The van der Waals surface area contributed by atoms with Crippen molar-refractivity contribution in [3.05, 3.63) is 66.0 Å². The maximum atomic E-state index is 13.5. The van der Waals surface area contributed by atoms with Crippen molar-refractivity contribution < 1.29 is 14.0 Å². The zero-order valence-corrected chi connectivity index (χ0v) is 18.0. The van der Waals surface area contributed by atoms with Crippen molar-refractivity contribution in [1.82, 2.24) is 10.3 Å². The number of nitrogens with zero attached hydrogens (tertiary/aromatic N) is 3. The molecule has 0 radical (unpaired) electrons. The first-order valence-electron chi connectivity index (χ1n) is 10.5. The number of amides is 2. The van der Waals surface area contributed by atoms with E-state index in [1.54, 1.807) is 11.0 Å². The van der Waals surface area contributed by atoms with Gasteiger partial charge in [0, 0.05) is 37.4 Å². The third-order valence-electron chi connectivity index (χ3n) is 5.38. The Morgan fingerprint density at radius 3 is 2.65 bits per heavy atom. The number of carbonyl (C=O) groups excluding carboxylic acids is 2. The second-order valence-corrected chi connectivity index (χ2v) is 8.65. The van der Waals surface area contributed by atoms with Gasteiger partial charge in [0.15, 0.2) is 5.50 Å². The number of hydrogen-bond donors (Lipinski definition) is 1. The number of nitrogens with one attached hydrogen (secondary N) is 1. The van der Waals surface area contributed by atoms with Gasteiger partial charge in [-0.25, -0.2) is 4.39 Å². The second kappa shape index (κ2) is 9.96. The summed E-state index contributed by atoms with van der Waals surface area (Å²) in [6, 6.07) is 15.8. The smallest absolute Gasteiger partial charge is 0.276 e. The van der Waals surface area contributed by atoms with Crippen LogP contribution in [0, 0.1) is 5.82 Å². The van der Waals surface area contributed by atoms with Gasteiger partial charge >= 0.3 is 0 Å². The lowest BCUT2D eigenvalue weighted by Crippen LogP contribution is -2.53. The number of para-hydroxylation sites is 1. The fourth-order valence-corrected chi connectivity index (χ4v) is 4.78. The van der Waals surface area contributed by atoms with Crippen LogP contribution in [-0.4, -0.2) is 41.0 Å². The van der Waals surface area contributed by atoms with Crippen LogP contribution in [0.15, 0.2) is 59.7 Å². The molecular formula is C23H25FN4O2S. The lowest BCUT2D eigenvalue weighted by atomic mass is 10.1. The first-order chi connectivity index (χ1) is 15.1. The van der Waals surface area contributed by atoms with Crippen LogP contribution in [-0.2, 0) is 15.3 Å². The minimum atomic E-state index is -0.434. The number of likely N-dealkylation sites (tertiary alicyclic amines) is 1. The molecule has 0 aliphatic carbocycles. The molecule has 2 amide bonds. The third kappa shape index (κ3) is 5.25. The highest BCUT2D eigenvalue weighted by Gasteiger charge is 2.33. The molecule has 2 aliphatic rings. The van der Waals surface area contributed by atoms with E-state index in [1.807, 2.05) is 41.3 Å². The van der Waals surface area contributed by atoms with Crippen molar-refractivity contribution in [3.63, 3.8) is 0 Å². The molecular weight excluding hydrogens is 415 g/mol. The number of hydrazone groups is 1. The van der Waals surface area contributed by atoms with Gasteiger partial charge in [-0.2, -0.15) is 5.10 Å². The van der Waals surface area contributed by atoms with Gasteiger partial charge in [-0.05, 0) is 42.7 Å². The van der Waals surface area contributed by atoms with E-state index in [0.717, 1.165) is 37.2 Å². The Balaban J connectivity index is 1.47. The summed E-state index contributed by atoms with van der Waals surface area (Å²) in [5.41, 5.74) is 4.55. The minimum absolute atomic E-state index is 0.0712. The molecule has 1 atom stereocenters. The van der Waals surface area contributed by atoms with E-state index < -0.39 is 5.50 Å². The summed E-state index contributed by atoms with van der Waals surface area (Å²) in [4.78, 5) is 29.2. The Hall–Kier alpha value is -2.87. The minimum Gasteiger partial charge on any atom is -0.343 e. The summed E-state index contributed by atoms with van der Waals surface area (Å²) >= 11 is 1.46. The molecule has 2 aromatic rings. The van der Waals surface area contributed by atoms with Crippen molar-refractivity contribution in [2.24, 2.45) is 5.10 Å². The van der Waals surface area contributed by atoms with Crippen LogP contribution in [0.4, 0.5) is 10.1 Å². The number of thioether (sulfide) groups is 1. The lowest BCUT2D eigenvalue weighted by molar-refractivity contribution is -0.129. The second-order valence-electron chi connectivity index (χ2n) is 7.58. The molecule has 0 bridgehead atoms. The summed E-state index contributed by atoms with van der Waals surface area (Å²) in [7, 11) is 0. The predicted octanol–water partition coefficient (Wildman–Crippen LogP) is 3.74. The molecule has 2 aliphatic heterocycles. The number of benzene rings is 2. The van der Waals surface area contributed by atoms with Crippen LogP contribution >= 0.6 is 11.8 Å². The van der Waals surface area contributed by atoms with Crippen LogP contribution in [0.3, 0.4) is 0 Å². The zero-order chi connectivity index (χ0) is 21.6. The lowest BCUT2D eigenvalue weighted by Gasteiger charge is -2.34. The van der Waals surface area contributed by atoms with Crippen LogP contribution in [0.1, 0.15) is 31.2 Å². The summed E-state index contributed by atoms with van der Waals surface area (Å²) in [5.74, 6) is 0.0936. The number of hydrogen-bond acceptors (Lipinski definition) is 5. The molecule has 2 heterocycles. The standard InChI is InChI=1S/C23H25FN4O2S/c24-18-8-6-7-17(15-18)16-31-23-26-25-20(11-12-21(29)27-13-4-5-14-27)22(30)28(23)19-9-2-1-3-10-19/h1-3,6-10,15,23,26H,4-5,11-14,16H2/t23-/m0/s1. The Morgan fingerprint density at radius 1 is 1.13 bits per heavy atom. The van der Waals surface area contributed by atoms with Gasteiger partial charge in [0.1, 0.15) is 11.5 Å². The summed E-state index contributed by atoms with van der Waals surface area (Å²) in [5, 5.41) is 4.31. The third-order valence-corrected chi connectivity index (χ3v) is 6.51. The molecule has 0 unspecified atom stereocenters. The molecule has 162 valence electrons. The maximum Gasteiger partial charge on any atom is 0.276 e. The van der Waals surface area contributed by atoms with Crippen molar-refractivity contribution in [3.8, 4) is 0 Å². The van der Waals surface area contributed by atoms with Gasteiger partial charge in [-0.15, -0.1) is 11.8 Å². The van der Waals surface area contributed by atoms with E-state index in [0.29, 0.717) is 17.9 Å². The highest BCUT2D eigenvalue weighted by molar-refractivity contribution is 7.99. The first-order valence-corrected chi connectivity index (χ1v) is 11.5. The highest BCUT2D eigenvalue weighted by atomic mass is 32.2. The van der Waals surface area contributed by atoms with Crippen molar-refractivity contribution in [2.45, 2.75) is 36.9 Å². The number of anilines is 1. The van der Waals surface area contributed by atoms with E-state index >= 15 is 0 Å². The quantitative estimate of drug-likeness (QED) is 0.713. The summed E-state index contributed by atoms with van der Waals surface area (Å²) in [6.07, 6.45) is 2.65. The summed E-state index contributed by atoms with van der Waals surface area (Å²) < 4.78 is 13.5.